The van der Waals surface area contributed by atoms with Crippen LogP contribution in [-0.2, 0) is 12.4 Å². The second kappa shape index (κ2) is 20.4. The van der Waals surface area contributed by atoms with Gasteiger partial charge in [-0.25, -0.2) is 29.9 Å². The van der Waals surface area contributed by atoms with Crippen LogP contribution in [0.2, 0.25) is 0 Å². The maximum Gasteiger partial charge on any atom is 0.416 e. The van der Waals surface area contributed by atoms with E-state index in [9.17, 15) is 57.0 Å². The number of alkyl halides is 6. The lowest BCUT2D eigenvalue weighted by Gasteiger charge is -2.14. The number of hydrogen-bond acceptors (Lipinski definition) is 6. The number of aryl methyl sites for hydroxylation is 2. The van der Waals surface area contributed by atoms with Gasteiger partial charge in [0, 0.05) is 33.4 Å². The van der Waals surface area contributed by atoms with E-state index in [1.54, 1.807) is 84.9 Å². The molecule has 0 heterocycles. The quantitative estimate of drug-likeness (QED) is 0.0976. The highest BCUT2D eigenvalue weighted by atomic mass is 19.4. The molecule has 0 saturated heterocycles. The second-order valence-corrected chi connectivity index (χ2v) is 17.7. The number of nitrogens with zero attached hydrogens (tertiary/aromatic N) is 8. The number of carbonyl (C=O) groups is 2. The Bertz CT molecular complexity index is 4360. The molecule has 0 bridgehead atoms. The average molecular weight is 1040 g/mol. The topological polar surface area (TPSA) is 147 Å². The number of benzene rings is 6. The number of halogens is 6. The van der Waals surface area contributed by atoms with Crippen LogP contribution in [0.15, 0.2) is 133 Å². The minimum absolute atomic E-state index is 0. The summed E-state index contributed by atoms with van der Waals surface area (Å²) in [6.07, 6.45) is -9.31. The summed E-state index contributed by atoms with van der Waals surface area (Å²) in [5, 5.41) is 39.6. The summed E-state index contributed by atoms with van der Waals surface area (Å²) in [6, 6.07) is 36.8. The third kappa shape index (κ3) is 8.91. The Balaban J connectivity index is 0.000000209. The Labute approximate surface area is 448 Å². The van der Waals surface area contributed by atoms with Crippen molar-refractivity contribution in [3.05, 3.63) is 275 Å². The number of Topliss-reactive ketones (excluding diaryl/α,β-unsaturated/α-hetero) is 2. The first-order valence-corrected chi connectivity index (χ1v) is 22.8. The smallest absolute Gasteiger partial charge is 0.358 e. The first-order chi connectivity index (χ1) is 37.3. The van der Waals surface area contributed by atoms with Gasteiger partial charge in [-0.3, -0.25) is 9.59 Å². The van der Waals surface area contributed by atoms with E-state index in [1.165, 1.54) is 6.07 Å². The molecule has 16 heteroatoms. The zero-order chi connectivity index (χ0) is 56.1. The lowest BCUT2D eigenvalue weighted by atomic mass is 9.90. The molecule has 0 N–H and O–H groups in total. The third-order valence-corrected chi connectivity index (χ3v) is 13.3. The molecule has 0 aliphatic heterocycles. The maximum absolute atomic E-state index is 13.6. The molecule has 0 radical (unpaired) electrons. The summed E-state index contributed by atoms with van der Waals surface area (Å²) in [4.78, 5) is 39.9. The summed E-state index contributed by atoms with van der Waals surface area (Å²) in [7, 11) is 0. The molecule has 0 fully saturated rings. The van der Waals surface area contributed by atoms with Gasteiger partial charge in [-0.15, -0.1) is 0 Å². The molecule has 376 valence electrons. The minimum Gasteiger partial charge on any atom is -0.358 e. The second-order valence-electron chi connectivity index (χ2n) is 17.7. The molecule has 0 atom stereocenters. The Hall–Kier alpha value is -11.4. The predicted molar refractivity (Wildman–Crippen MR) is 283 cm³/mol. The molecule has 79 heavy (non-hydrogen) atoms. The molecule has 6 aromatic rings. The van der Waals surface area contributed by atoms with Crippen LogP contribution in [0, 0.1) is 92.9 Å². The van der Waals surface area contributed by atoms with Crippen molar-refractivity contribution in [1.29, 1.82) is 21.0 Å². The zero-order valence-electron chi connectivity index (χ0n) is 41.2. The Morgan fingerprint density at radius 3 is 1.29 bits per heavy atom. The molecule has 6 aromatic carbocycles. The van der Waals surface area contributed by atoms with E-state index < -0.39 is 35.0 Å². The molecule has 10 nitrogen and oxygen atoms in total. The average Bonchev–Trinajstić information content (AvgIpc) is 4.17. The van der Waals surface area contributed by atoms with Gasteiger partial charge in [0.15, 0.2) is 11.6 Å². The number of nitriles is 4. The fraction of sp³-hybridized carbons (Fsp3) is 0.0635. The van der Waals surface area contributed by atoms with Crippen molar-refractivity contribution in [3.63, 3.8) is 0 Å². The van der Waals surface area contributed by atoms with Gasteiger partial charge in [-0.2, -0.15) is 36.9 Å². The monoisotopic (exact) mass is 1040 g/mol. The molecule has 0 unspecified atom stereocenters. The number of allylic oxidation sites excluding steroid dienone is 10. The first-order valence-electron chi connectivity index (χ1n) is 22.8. The van der Waals surface area contributed by atoms with Gasteiger partial charge < -0.3 is 7.43 Å². The van der Waals surface area contributed by atoms with Gasteiger partial charge in [0.2, 0.25) is 11.4 Å². The third-order valence-electron chi connectivity index (χ3n) is 13.3. The van der Waals surface area contributed by atoms with Gasteiger partial charge in [-0.1, -0.05) is 102 Å². The Morgan fingerprint density at radius 2 is 0.810 bits per heavy atom. The molecule has 4 aliphatic carbocycles. The van der Waals surface area contributed by atoms with Crippen molar-refractivity contribution in [2.45, 2.75) is 26.2 Å². The molecule has 4 aliphatic rings. The van der Waals surface area contributed by atoms with Crippen LogP contribution in [-0.4, -0.2) is 11.6 Å². The number of ketones is 2. The van der Waals surface area contributed by atoms with Crippen LogP contribution >= 0.6 is 0 Å². The molecule has 10 rings (SSSR count). The highest BCUT2D eigenvalue weighted by molar-refractivity contribution is 6.43. The van der Waals surface area contributed by atoms with Crippen LogP contribution in [0.5, 0.6) is 0 Å². The van der Waals surface area contributed by atoms with Gasteiger partial charge in [0.05, 0.1) is 60.7 Å². The van der Waals surface area contributed by atoms with E-state index in [0.717, 1.165) is 47.5 Å². The fourth-order valence-corrected chi connectivity index (χ4v) is 9.94. The van der Waals surface area contributed by atoms with Gasteiger partial charge in [-0.05, 0) is 111 Å². The normalized spacial score (nSPS) is 15.0. The fourth-order valence-electron chi connectivity index (χ4n) is 9.94. The van der Waals surface area contributed by atoms with E-state index in [1.807, 2.05) is 19.9 Å². The predicted octanol–water partition coefficient (Wildman–Crippen LogP) is 15.6. The van der Waals surface area contributed by atoms with Crippen LogP contribution in [0.4, 0.5) is 26.3 Å². The molecule has 0 spiro atoms. The largest absolute Gasteiger partial charge is 0.416 e. The van der Waals surface area contributed by atoms with Crippen molar-refractivity contribution >= 4 is 67.5 Å². The molecule has 0 amide bonds. The van der Waals surface area contributed by atoms with Crippen LogP contribution in [0.25, 0.3) is 75.4 Å². The number of carbonyl (C=O) groups excluding carboxylic acids is 2. The van der Waals surface area contributed by atoms with Crippen molar-refractivity contribution in [2.75, 3.05) is 0 Å². The molecular weight excluding hydrogens is 1010 g/mol. The highest BCUT2D eigenvalue weighted by Gasteiger charge is 2.39. The number of hydrogen-bond donors (Lipinski definition) is 0. The minimum atomic E-state index is -4.69. The lowest BCUT2D eigenvalue weighted by molar-refractivity contribution is -0.138. The molecule has 0 saturated carbocycles. The van der Waals surface area contributed by atoms with Gasteiger partial charge >= 0.3 is 12.4 Å². The maximum atomic E-state index is 13.6. The Kier molecular flexibility index (Phi) is 13.9. The SMILES string of the molecule is [C-]#[N+]C(C#N)=C1C(c2cccc(C3=C(C#N)c4cc(C)ccc4/C3=C(/C#N)[N+]#[C-])c2)=C([N+]#[C-])c2cc(C(F)(F)F)ccc21.[C-]#[N+]C1=C(c2cccc(C3=C(C#N)c4cc(C)ccc4C3=O)c2)C(=O)c2ccc(C(F)(F)F)cc21.[CH3-]. The summed E-state index contributed by atoms with van der Waals surface area (Å²) >= 11 is 0. The van der Waals surface area contributed by atoms with E-state index in [4.69, 9.17) is 26.3 Å². The summed E-state index contributed by atoms with van der Waals surface area (Å²) in [5.74, 6) is -0.896. The van der Waals surface area contributed by atoms with Gasteiger partial charge in [0.25, 0.3) is 11.4 Å². The summed E-state index contributed by atoms with van der Waals surface area (Å²) in [5.41, 5.74) is 3.52. The van der Waals surface area contributed by atoms with E-state index in [0.29, 0.717) is 44.5 Å². The molecular formula is C63H29F6N8O2-. The van der Waals surface area contributed by atoms with Crippen molar-refractivity contribution < 1.29 is 35.9 Å². The van der Waals surface area contributed by atoms with E-state index >= 15 is 0 Å². The Morgan fingerprint density at radius 1 is 0.443 bits per heavy atom. The summed E-state index contributed by atoms with van der Waals surface area (Å²) < 4.78 is 80.5. The standard InChI is InChI=1S/C34H13F3N6.C28H13F3N2O2.CH3/c1-18-8-10-22-24(12-18)26(15-38)29(31(22)27(16-39)41-2)19-6-5-7-20(13-19)30-32(28(17-40)42-3)23-11-9-21(34(35,36)37)14-25(23)33(30)43-4;1-14-6-8-18-20(10-14)22(13-32)23(26(18)34)15-4-3-5-16(11-15)24-25(33-2)21-12-17(28(29,30)31)7-9-19(21)27(24)35;/h5-14H,1H3;3-12H,1H3;1H3/q;;-1/b31-27+,32-28?;;. The first kappa shape index (κ1) is 53.9. The number of rotatable bonds is 4. The van der Waals surface area contributed by atoms with Crippen LogP contribution in [0.3, 0.4) is 0 Å². The van der Waals surface area contributed by atoms with Gasteiger partial charge in [0.1, 0.15) is 12.1 Å². The highest BCUT2D eigenvalue weighted by Crippen LogP contribution is 2.53. The van der Waals surface area contributed by atoms with Crippen molar-refractivity contribution in [2.24, 2.45) is 0 Å². The lowest BCUT2D eigenvalue weighted by Crippen LogP contribution is -2.06. The van der Waals surface area contributed by atoms with Crippen LogP contribution < -0.4 is 0 Å². The molecule has 0 aromatic heterocycles. The van der Waals surface area contributed by atoms with E-state index in [2.05, 4.69) is 31.5 Å². The van der Waals surface area contributed by atoms with Crippen molar-refractivity contribution in [1.82, 2.24) is 0 Å². The van der Waals surface area contributed by atoms with Crippen molar-refractivity contribution in [3.8, 4) is 24.3 Å². The van der Waals surface area contributed by atoms with Crippen LogP contribution in [0.1, 0.15) is 98.6 Å². The number of fused-ring (bicyclic) bond motifs is 4. The summed E-state index contributed by atoms with van der Waals surface area (Å²) in [6.45, 7) is 34.4. The zero-order valence-corrected chi connectivity index (χ0v) is 41.2. The van der Waals surface area contributed by atoms with E-state index in [-0.39, 0.29) is 97.1 Å².